The summed E-state index contributed by atoms with van der Waals surface area (Å²) in [4.78, 5) is -0.210. The largest absolute Gasteiger partial charge is 0.490 e. The van der Waals surface area contributed by atoms with Gasteiger partial charge in [-0.05, 0) is 37.0 Å². The molecule has 1 unspecified atom stereocenters. The third-order valence-corrected chi connectivity index (χ3v) is 6.03. The molecule has 6 nitrogen and oxygen atoms in total. The van der Waals surface area contributed by atoms with E-state index in [1.807, 2.05) is 0 Å². The zero-order chi connectivity index (χ0) is 18.3. The fraction of sp³-hybridized carbons (Fsp3) is 0.647. The van der Waals surface area contributed by atoms with E-state index in [4.69, 9.17) is 15.2 Å². The maximum Gasteiger partial charge on any atom is 0.244 e. The van der Waals surface area contributed by atoms with Gasteiger partial charge >= 0.3 is 0 Å². The van der Waals surface area contributed by atoms with Crippen molar-refractivity contribution < 1.29 is 22.3 Å². The molecule has 3 N–H and O–H groups in total. The molecule has 1 atom stereocenters. The summed E-state index contributed by atoms with van der Waals surface area (Å²) in [5.74, 6) is -0.327. The third-order valence-electron chi connectivity index (χ3n) is 4.52. The van der Waals surface area contributed by atoms with Gasteiger partial charge in [-0.25, -0.2) is 17.5 Å². The molecule has 1 aromatic rings. The Kier molecular flexibility index (Phi) is 7.61. The second-order valence-corrected chi connectivity index (χ2v) is 7.98. The molecule has 1 aliphatic carbocycles. The maximum atomic E-state index is 13.6. The highest BCUT2D eigenvalue weighted by atomic mass is 32.2. The van der Waals surface area contributed by atoms with Crippen molar-refractivity contribution in [3.63, 3.8) is 0 Å². The minimum atomic E-state index is -3.95. The first-order valence-electron chi connectivity index (χ1n) is 8.61. The zero-order valence-corrected chi connectivity index (χ0v) is 15.4. The van der Waals surface area contributed by atoms with Crippen LogP contribution in [-0.4, -0.2) is 41.3 Å². The lowest BCUT2D eigenvalue weighted by Gasteiger charge is -2.30. The minimum Gasteiger partial charge on any atom is -0.490 e. The lowest BCUT2D eigenvalue weighted by atomic mass is 9.84. The van der Waals surface area contributed by atoms with Crippen LogP contribution in [-0.2, 0) is 14.8 Å². The number of halogens is 1. The van der Waals surface area contributed by atoms with Gasteiger partial charge < -0.3 is 15.2 Å². The molecule has 142 valence electrons. The molecule has 1 fully saturated rings. The molecule has 0 aromatic heterocycles. The van der Waals surface area contributed by atoms with Gasteiger partial charge in [0, 0.05) is 19.7 Å². The van der Waals surface area contributed by atoms with E-state index in [0.717, 1.165) is 31.7 Å². The van der Waals surface area contributed by atoms with Crippen molar-refractivity contribution in [1.82, 2.24) is 4.72 Å². The molecule has 1 aliphatic rings. The molecular weight excluding hydrogens is 347 g/mol. The Morgan fingerprint density at radius 2 is 2.00 bits per heavy atom. The Bertz CT molecular complexity index is 648. The number of nitrogens with one attached hydrogen (secondary N) is 1. The number of rotatable bonds is 9. The Morgan fingerprint density at radius 1 is 1.28 bits per heavy atom. The van der Waals surface area contributed by atoms with Crippen LogP contribution in [0.5, 0.6) is 5.75 Å². The van der Waals surface area contributed by atoms with Crippen molar-refractivity contribution in [3.05, 3.63) is 24.0 Å². The Labute approximate surface area is 148 Å². The monoisotopic (exact) mass is 374 g/mol. The van der Waals surface area contributed by atoms with Crippen LogP contribution in [0.25, 0.3) is 0 Å². The molecule has 0 aliphatic heterocycles. The Balaban J connectivity index is 2.20. The van der Waals surface area contributed by atoms with Crippen molar-refractivity contribution in [2.45, 2.75) is 43.0 Å². The van der Waals surface area contributed by atoms with E-state index in [0.29, 0.717) is 6.61 Å². The molecule has 0 bridgehead atoms. The highest BCUT2D eigenvalue weighted by Gasteiger charge is 2.29. The minimum absolute atomic E-state index is 0.102. The van der Waals surface area contributed by atoms with Gasteiger partial charge in [0.05, 0.1) is 6.61 Å². The van der Waals surface area contributed by atoms with E-state index in [1.54, 1.807) is 0 Å². The molecule has 0 saturated heterocycles. The van der Waals surface area contributed by atoms with Crippen LogP contribution in [0.3, 0.4) is 0 Å². The molecule has 0 amide bonds. The highest BCUT2D eigenvalue weighted by molar-refractivity contribution is 7.89. The van der Waals surface area contributed by atoms with Crippen molar-refractivity contribution in [3.8, 4) is 5.75 Å². The van der Waals surface area contributed by atoms with E-state index in [1.165, 1.54) is 25.7 Å². The van der Waals surface area contributed by atoms with Crippen LogP contribution in [0, 0.1) is 11.7 Å². The van der Waals surface area contributed by atoms with E-state index < -0.39 is 15.8 Å². The number of nitrogens with two attached hydrogens (primary N) is 1. The molecule has 0 radical (unpaired) electrons. The van der Waals surface area contributed by atoms with E-state index in [2.05, 4.69) is 4.72 Å². The van der Waals surface area contributed by atoms with Gasteiger partial charge in [0.15, 0.2) is 0 Å². The summed E-state index contributed by atoms with van der Waals surface area (Å²) in [6, 6.07) is 3.10. The van der Waals surface area contributed by atoms with Gasteiger partial charge in [0.2, 0.25) is 10.0 Å². The first kappa shape index (κ1) is 20.1. The van der Waals surface area contributed by atoms with Crippen LogP contribution in [0.4, 0.5) is 4.39 Å². The standard InChI is InChI=1S/C17H27FN2O4S/c1-23-9-10-24-16-8-7-14(18)11-17(16)25(21,22)20-15(12-19)13-5-3-2-4-6-13/h7-8,11,13,15,20H,2-6,9-10,12,19H2,1H3. The lowest BCUT2D eigenvalue weighted by molar-refractivity contribution is 0.144. The van der Waals surface area contributed by atoms with Gasteiger partial charge in [-0.1, -0.05) is 19.3 Å². The van der Waals surface area contributed by atoms with Crippen molar-refractivity contribution in [1.29, 1.82) is 0 Å². The summed E-state index contributed by atoms with van der Waals surface area (Å²) >= 11 is 0. The SMILES string of the molecule is COCCOc1ccc(F)cc1S(=O)(=O)NC(CN)C1CCCCC1. The maximum absolute atomic E-state index is 13.6. The number of sulfonamides is 1. The van der Waals surface area contributed by atoms with Crippen LogP contribution in [0.1, 0.15) is 32.1 Å². The first-order chi connectivity index (χ1) is 12.0. The zero-order valence-electron chi connectivity index (χ0n) is 14.5. The van der Waals surface area contributed by atoms with E-state index >= 15 is 0 Å². The smallest absolute Gasteiger partial charge is 0.244 e. The quantitative estimate of drug-likeness (QED) is 0.646. The van der Waals surface area contributed by atoms with Crippen LogP contribution < -0.4 is 15.2 Å². The number of hydrogen-bond acceptors (Lipinski definition) is 5. The summed E-state index contributed by atoms with van der Waals surface area (Å²) in [5, 5.41) is 0. The first-order valence-corrected chi connectivity index (χ1v) is 10.1. The molecule has 25 heavy (non-hydrogen) atoms. The lowest BCUT2D eigenvalue weighted by Crippen LogP contribution is -2.45. The van der Waals surface area contributed by atoms with Crippen LogP contribution in [0.2, 0.25) is 0 Å². The number of ether oxygens (including phenoxy) is 2. The topological polar surface area (TPSA) is 90.6 Å². The summed E-state index contributed by atoms with van der Waals surface area (Å²) in [7, 11) is -2.43. The molecule has 1 saturated carbocycles. The fourth-order valence-electron chi connectivity index (χ4n) is 3.18. The number of benzene rings is 1. The third kappa shape index (κ3) is 5.64. The predicted molar refractivity (Wildman–Crippen MR) is 93.5 cm³/mol. The molecule has 1 aromatic carbocycles. The van der Waals surface area contributed by atoms with E-state index in [-0.39, 0.29) is 35.8 Å². The average Bonchev–Trinajstić information content (AvgIpc) is 2.62. The van der Waals surface area contributed by atoms with Crippen molar-refractivity contribution in [2.24, 2.45) is 11.7 Å². The summed E-state index contributed by atoms with van der Waals surface area (Å²) < 4.78 is 52.2. The van der Waals surface area contributed by atoms with Gasteiger partial charge in [0.1, 0.15) is 23.1 Å². The van der Waals surface area contributed by atoms with Gasteiger partial charge in [-0.3, -0.25) is 0 Å². The Morgan fingerprint density at radius 3 is 2.64 bits per heavy atom. The van der Waals surface area contributed by atoms with E-state index in [9.17, 15) is 12.8 Å². The van der Waals surface area contributed by atoms with Gasteiger partial charge in [0.25, 0.3) is 0 Å². The highest BCUT2D eigenvalue weighted by Crippen LogP contribution is 2.29. The number of hydrogen-bond donors (Lipinski definition) is 2. The number of methoxy groups -OCH3 is 1. The molecule has 2 rings (SSSR count). The van der Waals surface area contributed by atoms with Gasteiger partial charge in [-0.15, -0.1) is 0 Å². The molecule has 0 spiro atoms. The fourth-order valence-corrected chi connectivity index (χ4v) is 4.66. The Hall–Kier alpha value is -1.22. The molecule has 8 heteroatoms. The van der Waals surface area contributed by atoms with Crippen LogP contribution in [0.15, 0.2) is 23.1 Å². The summed E-state index contributed by atoms with van der Waals surface area (Å²) in [6.07, 6.45) is 5.22. The summed E-state index contributed by atoms with van der Waals surface area (Å²) in [6.45, 7) is 0.685. The predicted octanol–water partition coefficient (Wildman–Crippen LogP) is 2.04. The normalized spacial score (nSPS) is 17.4. The average molecular weight is 374 g/mol. The van der Waals surface area contributed by atoms with Crippen LogP contribution >= 0.6 is 0 Å². The second kappa shape index (κ2) is 9.47. The van der Waals surface area contributed by atoms with Crippen molar-refractivity contribution in [2.75, 3.05) is 26.9 Å². The molecule has 0 heterocycles. The molecular formula is C17H27FN2O4S. The summed E-state index contributed by atoms with van der Waals surface area (Å²) in [5.41, 5.74) is 5.81. The van der Waals surface area contributed by atoms with Crippen molar-refractivity contribution >= 4 is 10.0 Å². The van der Waals surface area contributed by atoms with Gasteiger partial charge in [-0.2, -0.15) is 0 Å². The second-order valence-electron chi connectivity index (χ2n) is 6.29.